The number of hydrogen-bond acceptors (Lipinski definition) is 12. The van der Waals surface area contributed by atoms with Gasteiger partial charge in [0.1, 0.15) is 0 Å². The maximum Gasteiger partial charge on any atom is 0.325 e. The summed E-state index contributed by atoms with van der Waals surface area (Å²) < 4.78 is 22.3. The van der Waals surface area contributed by atoms with E-state index >= 15 is 0 Å². The Kier molecular flexibility index (Phi) is 26.2. The maximum absolute atomic E-state index is 12.5. The van der Waals surface area contributed by atoms with Crippen LogP contribution in [-0.2, 0) is 32.0 Å². The molecule has 0 unspecified atom stereocenters. The van der Waals surface area contributed by atoms with Crippen molar-refractivity contribution in [2.24, 2.45) is 11.8 Å². The summed E-state index contributed by atoms with van der Waals surface area (Å²) in [5.74, 6) is -0.728. The summed E-state index contributed by atoms with van der Waals surface area (Å²) in [7, 11) is 14.1. The Morgan fingerprint density at radius 3 is 0.940 bits per heavy atom. The van der Waals surface area contributed by atoms with E-state index in [0.29, 0.717) is 12.8 Å². The molecule has 50 heavy (non-hydrogen) atoms. The lowest BCUT2D eigenvalue weighted by Gasteiger charge is -2.22. The molecule has 0 N–H and O–H groups in total. The first-order chi connectivity index (χ1) is 21.5. The number of carbonyl (C=O) groups excluding carboxylic acids is 4. The molecule has 0 fully saturated rings. The van der Waals surface area contributed by atoms with Gasteiger partial charge in [0.05, 0.1) is 26.2 Å². The van der Waals surface area contributed by atoms with Gasteiger partial charge in [-0.2, -0.15) is 0 Å². The van der Waals surface area contributed by atoms with Crippen LogP contribution >= 0.6 is 49.6 Å². The smallest absolute Gasteiger partial charge is 0.325 e. The summed E-state index contributed by atoms with van der Waals surface area (Å²) in [4.78, 5) is 56.4. The molecule has 0 saturated heterocycles. The largest absolute Gasteiger partial charge is 0.422 e. The molecule has 2 rings (SSSR count). The second kappa shape index (κ2) is 25.3. The van der Waals surface area contributed by atoms with Gasteiger partial charge in [0.25, 0.3) is 0 Å². The van der Waals surface area contributed by atoms with Crippen LogP contribution < -0.4 is 18.9 Å². The molecule has 0 aliphatic carbocycles. The number of carbonyl (C=O) groups is 4. The Balaban J connectivity index is -0.00000552. The van der Waals surface area contributed by atoms with Crippen LogP contribution in [0.1, 0.15) is 25.0 Å². The summed E-state index contributed by atoms with van der Waals surface area (Å²) in [6.07, 6.45) is 1.33. The monoisotopic (exact) mass is 786 g/mol. The molecule has 2 aromatic carbocycles. The van der Waals surface area contributed by atoms with Crippen LogP contribution in [-0.4, -0.2) is 126 Å². The van der Waals surface area contributed by atoms with Crippen molar-refractivity contribution in [3.63, 3.8) is 0 Å². The standard InChI is InChI=1S/C34H50N4O8.4ClH/c1-23(15-25-11-13-27(43-31(39)19-35(3)4)29(17-25)45-33(41)21-37(7)8)24(2)16-26-12-14-28(44-32(40)20-36(5)6)30(18-26)46-34(42)22-38(9)10;;;;/h11-14,17-18,23-24H,15-16,19-22H2,1-10H3;4*1H/t23-,24+;;;;. The Bertz CT molecular complexity index is 1260. The van der Waals surface area contributed by atoms with E-state index in [2.05, 4.69) is 13.8 Å². The Labute approximate surface area is 321 Å². The fourth-order valence-electron chi connectivity index (χ4n) is 4.49. The van der Waals surface area contributed by atoms with Crippen molar-refractivity contribution in [1.82, 2.24) is 19.6 Å². The Hall–Kier alpha value is -2.68. The minimum absolute atomic E-state index is 0. The third-order valence-electron chi connectivity index (χ3n) is 6.78. The minimum atomic E-state index is -0.466. The highest BCUT2D eigenvalue weighted by molar-refractivity contribution is 5.86. The number of likely N-dealkylation sites (N-methyl/N-ethyl adjacent to an activating group) is 4. The van der Waals surface area contributed by atoms with Crippen molar-refractivity contribution in [2.45, 2.75) is 26.7 Å². The van der Waals surface area contributed by atoms with Crippen molar-refractivity contribution in [3.8, 4) is 23.0 Å². The lowest BCUT2D eigenvalue weighted by molar-refractivity contribution is -0.137. The van der Waals surface area contributed by atoms with Gasteiger partial charge in [-0.3, -0.25) is 38.8 Å². The highest BCUT2D eigenvalue weighted by atomic mass is 35.5. The highest BCUT2D eigenvalue weighted by Gasteiger charge is 2.21. The normalized spacial score (nSPS) is 11.7. The maximum atomic E-state index is 12.5. The van der Waals surface area contributed by atoms with Gasteiger partial charge in [0, 0.05) is 0 Å². The van der Waals surface area contributed by atoms with E-state index in [4.69, 9.17) is 18.9 Å². The predicted molar refractivity (Wildman–Crippen MR) is 204 cm³/mol. The van der Waals surface area contributed by atoms with Crippen LogP contribution in [0.2, 0.25) is 0 Å². The fourth-order valence-corrected chi connectivity index (χ4v) is 4.49. The van der Waals surface area contributed by atoms with Crippen LogP contribution in [0.25, 0.3) is 0 Å². The van der Waals surface area contributed by atoms with Crippen molar-refractivity contribution in [2.75, 3.05) is 82.6 Å². The zero-order valence-corrected chi connectivity index (χ0v) is 33.8. The van der Waals surface area contributed by atoms with E-state index in [0.717, 1.165) is 11.1 Å². The zero-order valence-electron chi connectivity index (χ0n) is 30.5. The van der Waals surface area contributed by atoms with E-state index in [1.807, 2.05) is 12.1 Å². The van der Waals surface area contributed by atoms with Gasteiger partial charge in [-0.25, -0.2) is 0 Å². The van der Waals surface area contributed by atoms with E-state index in [1.165, 1.54) is 0 Å². The SMILES string of the molecule is C[C@H](Cc1ccc(OC(=O)CN(C)C)c(OC(=O)CN(C)C)c1)[C@@H](C)Cc1ccc(OC(=O)CN(C)C)c(OC(=O)CN(C)C)c1.Cl.Cl.Cl.Cl. The number of esters is 4. The molecule has 12 nitrogen and oxygen atoms in total. The molecule has 0 radical (unpaired) electrons. The van der Waals surface area contributed by atoms with Gasteiger partial charge < -0.3 is 18.9 Å². The molecule has 2 aromatic rings. The summed E-state index contributed by atoms with van der Waals surface area (Å²) in [6, 6.07) is 10.5. The number of nitrogens with zero attached hydrogens (tertiary/aromatic N) is 4. The molecule has 0 heterocycles. The van der Waals surface area contributed by atoms with Crippen molar-refractivity contribution >= 4 is 73.5 Å². The number of rotatable bonds is 17. The number of ether oxygens (including phenoxy) is 4. The van der Waals surface area contributed by atoms with Gasteiger partial charge in [-0.05, 0) is 116 Å². The van der Waals surface area contributed by atoms with Crippen LogP contribution in [0.15, 0.2) is 36.4 Å². The molecule has 0 bridgehead atoms. The fraction of sp³-hybridized carbons (Fsp3) is 0.529. The Morgan fingerprint density at radius 2 is 0.700 bits per heavy atom. The van der Waals surface area contributed by atoms with E-state index < -0.39 is 23.9 Å². The molecule has 0 aliphatic heterocycles. The molecule has 0 amide bonds. The van der Waals surface area contributed by atoms with Crippen molar-refractivity contribution in [1.29, 1.82) is 0 Å². The van der Waals surface area contributed by atoms with Crippen LogP contribution in [0.5, 0.6) is 23.0 Å². The Morgan fingerprint density at radius 1 is 0.460 bits per heavy atom. The molecule has 0 aromatic heterocycles. The van der Waals surface area contributed by atoms with Crippen LogP contribution in [0, 0.1) is 11.8 Å². The lowest BCUT2D eigenvalue weighted by Crippen LogP contribution is -2.27. The van der Waals surface area contributed by atoms with Gasteiger partial charge in [0.2, 0.25) is 0 Å². The highest BCUT2D eigenvalue weighted by Crippen LogP contribution is 2.33. The quantitative estimate of drug-likeness (QED) is 0.168. The summed E-state index contributed by atoms with van der Waals surface area (Å²) in [6.45, 7) is 4.56. The number of benzene rings is 2. The average molecular weight is 789 g/mol. The molecular weight excluding hydrogens is 734 g/mol. The summed E-state index contributed by atoms with van der Waals surface area (Å²) in [5.41, 5.74) is 1.83. The van der Waals surface area contributed by atoms with Crippen molar-refractivity contribution in [3.05, 3.63) is 47.5 Å². The lowest BCUT2D eigenvalue weighted by atomic mass is 9.85. The van der Waals surface area contributed by atoms with Gasteiger partial charge in [-0.15, -0.1) is 49.6 Å². The first-order valence-electron chi connectivity index (χ1n) is 15.2. The second-order valence-corrected chi connectivity index (χ2v) is 12.8. The second-order valence-electron chi connectivity index (χ2n) is 12.8. The van der Waals surface area contributed by atoms with Gasteiger partial charge in [0.15, 0.2) is 23.0 Å². The molecular formula is C34H54Cl4N4O8. The average Bonchev–Trinajstić information content (AvgIpc) is 2.89. The zero-order chi connectivity index (χ0) is 34.6. The topological polar surface area (TPSA) is 118 Å². The molecule has 16 heteroatoms. The predicted octanol–water partition coefficient (Wildman–Crippen LogP) is 4.30. The first kappa shape index (κ1) is 51.7. The third kappa shape index (κ3) is 19.6. The first-order valence-corrected chi connectivity index (χ1v) is 15.2. The molecule has 2 atom stereocenters. The molecule has 286 valence electrons. The molecule has 0 aliphatic rings. The number of hydrogen-bond donors (Lipinski definition) is 0. The van der Waals surface area contributed by atoms with Gasteiger partial charge in [-0.1, -0.05) is 26.0 Å². The van der Waals surface area contributed by atoms with Crippen LogP contribution in [0.4, 0.5) is 0 Å². The van der Waals surface area contributed by atoms with Gasteiger partial charge >= 0.3 is 23.9 Å². The summed E-state index contributed by atoms with van der Waals surface area (Å²) >= 11 is 0. The third-order valence-corrected chi connectivity index (χ3v) is 6.78. The summed E-state index contributed by atoms with van der Waals surface area (Å²) in [5, 5.41) is 0. The van der Waals surface area contributed by atoms with E-state index in [1.54, 1.807) is 100 Å². The van der Waals surface area contributed by atoms with E-state index in [-0.39, 0.29) is 111 Å². The van der Waals surface area contributed by atoms with Crippen LogP contribution in [0.3, 0.4) is 0 Å². The molecule has 0 spiro atoms. The minimum Gasteiger partial charge on any atom is -0.422 e. The number of halogens is 4. The molecule has 0 saturated carbocycles. The van der Waals surface area contributed by atoms with E-state index in [9.17, 15) is 19.2 Å². The van der Waals surface area contributed by atoms with Crippen molar-refractivity contribution < 1.29 is 38.1 Å².